The SMILES string of the molecule is Cc1cc(C(C)(C)C)cc(C)c1CSc1ncnc2nc[nH]c12. The van der Waals surface area contributed by atoms with Crippen molar-refractivity contribution in [3.8, 4) is 0 Å². The predicted molar refractivity (Wildman–Crippen MR) is 95.9 cm³/mol. The fraction of sp³-hybridized carbons (Fsp3) is 0.389. The normalized spacial score (nSPS) is 12.0. The molecule has 0 aliphatic carbocycles. The lowest BCUT2D eigenvalue weighted by Crippen LogP contribution is -2.12. The zero-order chi connectivity index (χ0) is 16.6. The van der Waals surface area contributed by atoms with E-state index in [0.29, 0.717) is 0 Å². The molecule has 0 atom stereocenters. The van der Waals surface area contributed by atoms with Crippen molar-refractivity contribution in [3.05, 3.63) is 47.0 Å². The third-order valence-corrected chi connectivity index (χ3v) is 5.12. The van der Waals surface area contributed by atoms with E-state index in [-0.39, 0.29) is 5.41 Å². The maximum absolute atomic E-state index is 4.39. The Morgan fingerprint density at radius 2 is 1.74 bits per heavy atom. The second kappa shape index (κ2) is 5.96. The smallest absolute Gasteiger partial charge is 0.181 e. The fourth-order valence-corrected chi connectivity index (χ4v) is 3.80. The van der Waals surface area contributed by atoms with Crippen LogP contribution in [0.5, 0.6) is 0 Å². The number of nitrogens with one attached hydrogen (secondary N) is 1. The fourth-order valence-electron chi connectivity index (χ4n) is 2.65. The maximum atomic E-state index is 4.39. The van der Waals surface area contributed by atoms with Crippen LogP contribution in [0.2, 0.25) is 0 Å². The molecule has 0 fully saturated rings. The molecule has 4 nitrogen and oxygen atoms in total. The van der Waals surface area contributed by atoms with Gasteiger partial charge in [-0.05, 0) is 41.5 Å². The first-order valence-electron chi connectivity index (χ1n) is 7.74. The van der Waals surface area contributed by atoms with Gasteiger partial charge in [0.15, 0.2) is 5.65 Å². The van der Waals surface area contributed by atoms with Crippen LogP contribution < -0.4 is 0 Å². The lowest BCUT2D eigenvalue weighted by Gasteiger charge is -2.22. The van der Waals surface area contributed by atoms with Gasteiger partial charge in [0.2, 0.25) is 0 Å². The van der Waals surface area contributed by atoms with Crippen LogP contribution in [0.3, 0.4) is 0 Å². The molecule has 0 bridgehead atoms. The van der Waals surface area contributed by atoms with E-state index in [2.05, 4.69) is 66.7 Å². The molecule has 0 saturated heterocycles. The lowest BCUT2D eigenvalue weighted by molar-refractivity contribution is 0.589. The zero-order valence-electron chi connectivity index (χ0n) is 14.3. The molecule has 0 aliphatic heterocycles. The van der Waals surface area contributed by atoms with Crippen LogP contribution in [0.1, 0.15) is 43.0 Å². The first kappa shape index (κ1) is 16.0. The summed E-state index contributed by atoms with van der Waals surface area (Å²) >= 11 is 1.73. The zero-order valence-corrected chi connectivity index (χ0v) is 15.1. The van der Waals surface area contributed by atoms with Gasteiger partial charge in [0.25, 0.3) is 0 Å². The number of hydrogen-bond donors (Lipinski definition) is 1. The van der Waals surface area contributed by atoms with Gasteiger partial charge in [0.1, 0.15) is 16.9 Å². The molecule has 0 aliphatic rings. The van der Waals surface area contributed by atoms with E-state index in [1.807, 2.05) is 0 Å². The van der Waals surface area contributed by atoms with Crippen molar-refractivity contribution in [3.63, 3.8) is 0 Å². The number of rotatable bonds is 3. The van der Waals surface area contributed by atoms with Crippen molar-refractivity contribution in [2.45, 2.75) is 50.8 Å². The van der Waals surface area contributed by atoms with Crippen LogP contribution in [0.4, 0.5) is 0 Å². The third kappa shape index (κ3) is 3.24. The van der Waals surface area contributed by atoms with Gasteiger partial charge in [-0.2, -0.15) is 0 Å². The van der Waals surface area contributed by atoms with Gasteiger partial charge < -0.3 is 4.98 Å². The summed E-state index contributed by atoms with van der Waals surface area (Å²) in [6.45, 7) is 11.2. The van der Waals surface area contributed by atoms with Crippen molar-refractivity contribution < 1.29 is 0 Å². The number of nitrogens with zero attached hydrogens (tertiary/aromatic N) is 3. The Hall–Kier alpha value is -1.88. The molecule has 0 unspecified atom stereocenters. The van der Waals surface area contributed by atoms with Crippen LogP contribution >= 0.6 is 11.8 Å². The predicted octanol–water partition coefficient (Wildman–Crippen LogP) is 4.56. The molecule has 120 valence electrons. The van der Waals surface area contributed by atoms with E-state index in [4.69, 9.17) is 0 Å². The highest BCUT2D eigenvalue weighted by molar-refractivity contribution is 7.98. The minimum Gasteiger partial charge on any atom is -0.341 e. The van der Waals surface area contributed by atoms with Crippen LogP contribution in [-0.2, 0) is 11.2 Å². The first-order chi connectivity index (χ1) is 10.9. The highest BCUT2D eigenvalue weighted by Crippen LogP contribution is 2.31. The molecule has 23 heavy (non-hydrogen) atoms. The van der Waals surface area contributed by atoms with Crippen molar-refractivity contribution in [2.75, 3.05) is 0 Å². The molecule has 0 radical (unpaired) electrons. The molecule has 2 aromatic heterocycles. The summed E-state index contributed by atoms with van der Waals surface area (Å²) in [6, 6.07) is 4.63. The van der Waals surface area contributed by atoms with Crippen molar-refractivity contribution in [1.82, 2.24) is 19.9 Å². The minimum atomic E-state index is 0.177. The lowest BCUT2D eigenvalue weighted by atomic mass is 9.84. The number of thioether (sulfide) groups is 1. The van der Waals surface area contributed by atoms with Crippen LogP contribution in [-0.4, -0.2) is 19.9 Å². The molecule has 0 amide bonds. The van der Waals surface area contributed by atoms with E-state index in [1.165, 1.54) is 22.3 Å². The second-order valence-electron chi connectivity index (χ2n) is 6.91. The third-order valence-electron chi connectivity index (χ3n) is 4.10. The van der Waals surface area contributed by atoms with Gasteiger partial charge in [-0.15, -0.1) is 0 Å². The first-order valence-corrected chi connectivity index (χ1v) is 8.72. The van der Waals surface area contributed by atoms with Crippen molar-refractivity contribution in [2.24, 2.45) is 0 Å². The monoisotopic (exact) mass is 326 g/mol. The van der Waals surface area contributed by atoms with Crippen LogP contribution in [0.15, 0.2) is 29.8 Å². The highest BCUT2D eigenvalue weighted by atomic mass is 32.2. The quantitative estimate of drug-likeness (QED) is 0.566. The summed E-state index contributed by atoms with van der Waals surface area (Å²) in [7, 11) is 0. The Morgan fingerprint density at radius 3 is 2.39 bits per heavy atom. The van der Waals surface area contributed by atoms with Gasteiger partial charge in [-0.25, -0.2) is 15.0 Å². The standard InChI is InChI=1S/C18H22N4S/c1-11-6-13(18(3,4)5)7-12(2)14(11)8-23-17-15-16(20-9-19-15)21-10-22-17/h6-7,9-10H,8H2,1-5H3,(H,19,20,21,22). The number of H-pyrrole nitrogens is 1. The van der Waals surface area contributed by atoms with Gasteiger partial charge in [0, 0.05) is 5.75 Å². The summed E-state index contributed by atoms with van der Waals surface area (Å²) < 4.78 is 0. The van der Waals surface area contributed by atoms with Crippen LogP contribution in [0.25, 0.3) is 11.2 Å². The molecule has 3 rings (SSSR count). The number of benzene rings is 1. The van der Waals surface area contributed by atoms with Crippen molar-refractivity contribution in [1.29, 1.82) is 0 Å². The number of hydrogen-bond acceptors (Lipinski definition) is 4. The maximum Gasteiger partial charge on any atom is 0.181 e. The number of aromatic nitrogens is 4. The number of imidazole rings is 1. The van der Waals surface area contributed by atoms with E-state index in [9.17, 15) is 0 Å². The van der Waals surface area contributed by atoms with Gasteiger partial charge in [-0.1, -0.05) is 44.7 Å². The largest absolute Gasteiger partial charge is 0.341 e. The summed E-state index contributed by atoms with van der Waals surface area (Å²) in [5, 5.41) is 0.950. The topological polar surface area (TPSA) is 54.5 Å². The summed E-state index contributed by atoms with van der Waals surface area (Å²) in [5.74, 6) is 0.896. The van der Waals surface area contributed by atoms with E-state index in [1.54, 1.807) is 24.4 Å². The van der Waals surface area contributed by atoms with E-state index in [0.717, 1.165) is 21.9 Å². The van der Waals surface area contributed by atoms with Crippen molar-refractivity contribution >= 4 is 22.9 Å². The Labute approximate surface area is 141 Å². The molecular weight excluding hydrogens is 304 g/mol. The molecule has 3 aromatic rings. The Bertz CT molecular complexity index is 823. The molecule has 1 N–H and O–H groups in total. The van der Waals surface area contributed by atoms with Gasteiger partial charge in [-0.3, -0.25) is 0 Å². The van der Waals surface area contributed by atoms with Crippen LogP contribution in [0, 0.1) is 13.8 Å². The Morgan fingerprint density at radius 1 is 1.04 bits per heavy atom. The van der Waals surface area contributed by atoms with Gasteiger partial charge >= 0.3 is 0 Å². The number of aromatic amines is 1. The Balaban J connectivity index is 1.88. The second-order valence-corrected chi connectivity index (χ2v) is 7.87. The van der Waals surface area contributed by atoms with E-state index >= 15 is 0 Å². The molecular formula is C18H22N4S. The summed E-state index contributed by atoms with van der Waals surface area (Å²) in [6.07, 6.45) is 3.24. The molecule has 2 heterocycles. The average Bonchev–Trinajstić information content (AvgIpc) is 2.94. The average molecular weight is 326 g/mol. The number of aryl methyl sites for hydroxylation is 2. The molecule has 5 heteroatoms. The minimum absolute atomic E-state index is 0.177. The molecule has 0 saturated carbocycles. The number of fused-ring (bicyclic) bond motifs is 1. The Kier molecular flexibility index (Phi) is 4.15. The van der Waals surface area contributed by atoms with E-state index < -0.39 is 0 Å². The molecule has 1 aromatic carbocycles. The highest BCUT2D eigenvalue weighted by Gasteiger charge is 2.16. The summed E-state index contributed by atoms with van der Waals surface area (Å²) in [5.41, 5.74) is 7.27. The summed E-state index contributed by atoms with van der Waals surface area (Å²) in [4.78, 5) is 15.9. The molecule has 0 spiro atoms. The van der Waals surface area contributed by atoms with Gasteiger partial charge in [0.05, 0.1) is 6.33 Å².